The molecule has 0 aromatic heterocycles. The van der Waals surface area contributed by atoms with Crippen LogP contribution in [0.15, 0.2) is 0 Å². The van der Waals surface area contributed by atoms with Crippen molar-refractivity contribution >= 4 is 15.9 Å². The first-order chi connectivity index (χ1) is 6.75. The highest BCUT2D eigenvalue weighted by atomic mass is 32.2. The fraction of sp³-hybridized carbons (Fsp3) is 0.875. The van der Waals surface area contributed by atoms with E-state index < -0.39 is 15.6 Å². The largest absolute Gasteiger partial charge is 0.353 e. The van der Waals surface area contributed by atoms with E-state index in [0.29, 0.717) is 6.42 Å². The second-order valence-corrected chi connectivity index (χ2v) is 5.60. The Morgan fingerprint density at radius 2 is 2.00 bits per heavy atom. The van der Waals surface area contributed by atoms with Crippen molar-refractivity contribution in [1.29, 1.82) is 0 Å². The monoisotopic (exact) mass is 237 g/mol. The molecule has 0 aliphatic carbocycles. The van der Waals surface area contributed by atoms with Crippen molar-refractivity contribution in [3.8, 4) is 0 Å². The maximum Gasteiger partial charge on any atom is 0.239 e. The van der Waals surface area contributed by atoms with Gasteiger partial charge in [-0.3, -0.25) is 4.79 Å². The summed E-state index contributed by atoms with van der Waals surface area (Å²) in [6.07, 6.45) is 0.498. The lowest BCUT2D eigenvalue weighted by Gasteiger charge is -2.21. The van der Waals surface area contributed by atoms with E-state index in [9.17, 15) is 13.2 Å². The first-order valence-electron chi connectivity index (χ1n) is 4.73. The summed E-state index contributed by atoms with van der Waals surface area (Å²) in [5.74, 6) is -0.481. The number of carbonyl (C=O) groups excluding carboxylic acids is 1. The van der Waals surface area contributed by atoms with Crippen LogP contribution in [0.25, 0.3) is 0 Å². The second kappa shape index (κ2) is 5.43. The molecule has 6 nitrogen and oxygen atoms in total. The van der Waals surface area contributed by atoms with Gasteiger partial charge in [-0.15, -0.1) is 0 Å². The van der Waals surface area contributed by atoms with Crippen LogP contribution >= 0.6 is 0 Å². The quantitative estimate of drug-likeness (QED) is 0.539. The van der Waals surface area contributed by atoms with Crippen LogP contribution in [0.1, 0.15) is 20.3 Å². The molecule has 7 heteroatoms. The van der Waals surface area contributed by atoms with Crippen molar-refractivity contribution in [2.45, 2.75) is 25.8 Å². The summed E-state index contributed by atoms with van der Waals surface area (Å²) in [7, 11) is -1.94. The Balaban J connectivity index is 4.04. The van der Waals surface area contributed by atoms with Crippen LogP contribution in [0.2, 0.25) is 0 Å². The molecule has 0 fully saturated rings. The van der Waals surface area contributed by atoms with E-state index in [2.05, 4.69) is 10.0 Å². The van der Waals surface area contributed by atoms with Crippen LogP contribution in [-0.2, 0) is 14.8 Å². The van der Waals surface area contributed by atoms with Gasteiger partial charge in [-0.2, -0.15) is 0 Å². The number of nitrogens with two attached hydrogens (primary N) is 1. The normalized spacial score (nSPS) is 15.7. The molecule has 0 heterocycles. The third kappa shape index (κ3) is 5.10. The third-order valence-corrected chi connectivity index (χ3v) is 3.58. The van der Waals surface area contributed by atoms with E-state index in [0.717, 1.165) is 0 Å². The summed E-state index contributed by atoms with van der Waals surface area (Å²) >= 11 is 0. The molecule has 0 rings (SSSR count). The molecular formula is C8H19N3O3S. The summed E-state index contributed by atoms with van der Waals surface area (Å²) < 4.78 is 24.2. The number of sulfonamides is 1. The molecule has 1 amide bonds. The number of hydrogen-bond donors (Lipinski definition) is 3. The van der Waals surface area contributed by atoms with Gasteiger partial charge < -0.3 is 11.1 Å². The topological polar surface area (TPSA) is 101 Å². The van der Waals surface area contributed by atoms with Gasteiger partial charge in [0.05, 0.1) is 11.3 Å². The molecule has 1 unspecified atom stereocenters. The summed E-state index contributed by atoms with van der Waals surface area (Å²) in [5, 5.41) is 2.48. The molecule has 0 radical (unpaired) electrons. The SMILES string of the molecule is CCC(C)(N)C(=O)NCCS(=O)(=O)NC. The lowest BCUT2D eigenvalue weighted by molar-refractivity contribution is -0.125. The summed E-state index contributed by atoms with van der Waals surface area (Å²) in [6.45, 7) is 3.47. The fourth-order valence-corrected chi connectivity index (χ4v) is 1.34. The van der Waals surface area contributed by atoms with Gasteiger partial charge in [-0.1, -0.05) is 6.92 Å². The van der Waals surface area contributed by atoms with Gasteiger partial charge in [0, 0.05) is 6.54 Å². The zero-order chi connectivity index (χ0) is 12.1. The van der Waals surface area contributed by atoms with E-state index in [1.54, 1.807) is 13.8 Å². The van der Waals surface area contributed by atoms with Gasteiger partial charge in [0.2, 0.25) is 15.9 Å². The fourth-order valence-electron chi connectivity index (χ4n) is 0.763. The van der Waals surface area contributed by atoms with Gasteiger partial charge in [-0.05, 0) is 20.4 Å². The second-order valence-electron chi connectivity index (χ2n) is 3.55. The van der Waals surface area contributed by atoms with Crippen LogP contribution in [0.5, 0.6) is 0 Å². The van der Waals surface area contributed by atoms with Crippen molar-refractivity contribution in [3.63, 3.8) is 0 Å². The van der Waals surface area contributed by atoms with E-state index in [1.165, 1.54) is 7.05 Å². The Morgan fingerprint density at radius 1 is 1.47 bits per heavy atom. The number of amides is 1. The third-order valence-electron chi connectivity index (χ3n) is 2.22. The molecule has 15 heavy (non-hydrogen) atoms. The Bertz CT molecular complexity index is 311. The minimum atomic E-state index is -3.27. The van der Waals surface area contributed by atoms with Crippen LogP contribution in [0, 0.1) is 0 Å². The van der Waals surface area contributed by atoms with Crippen LogP contribution in [-0.4, -0.2) is 39.2 Å². The molecule has 90 valence electrons. The van der Waals surface area contributed by atoms with E-state index in [1.807, 2.05) is 0 Å². The molecule has 0 aliphatic rings. The van der Waals surface area contributed by atoms with Crippen molar-refractivity contribution in [1.82, 2.24) is 10.0 Å². The molecule has 0 spiro atoms. The molecule has 0 aliphatic heterocycles. The molecular weight excluding hydrogens is 218 g/mol. The predicted octanol–water partition coefficient (Wildman–Crippen LogP) is -1.22. The Morgan fingerprint density at radius 3 is 2.40 bits per heavy atom. The minimum Gasteiger partial charge on any atom is -0.353 e. The molecule has 0 saturated carbocycles. The van der Waals surface area contributed by atoms with Crippen LogP contribution < -0.4 is 15.8 Å². The number of rotatable bonds is 6. The Labute approximate surface area is 90.7 Å². The van der Waals surface area contributed by atoms with Crippen LogP contribution in [0.3, 0.4) is 0 Å². The molecule has 4 N–H and O–H groups in total. The maximum absolute atomic E-state index is 11.4. The van der Waals surface area contributed by atoms with E-state index in [4.69, 9.17) is 5.73 Å². The first-order valence-corrected chi connectivity index (χ1v) is 6.39. The van der Waals surface area contributed by atoms with Gasteiger partial charge in [0.1, 0.15) is 0 Å². The molecule has 0 aromatic carbocycles. The highest BCUT2D eigenvalue weighted by molar-refractivity contribution is 7.89. The van der Waals surface area contributed by atoms with Crippen molar-refractivity contribution in [3.05, 3.63) is 0 Å². The standard InChI is InChI=1S/C8H19N3O3S/c1-4-8(2,9)7(12)11-5-6-15(13,14)10-3/h10H,4-6,9H2,1-3H3,(H,11,12). The van der Waals surface area contributed by atoms with Gasteiger partial charge in [0.15, 0.2) is 0 Å². The maximum atomic E-state index is 11.4. The number of nitrogens with one attached hydrogen (secondary N) is 2. The van der Waals surface area contributed by atoms with Gasteiger partial charge >= 0.3 is 0 Å². The predicted molar refractivity (Wildman–Crippen MR) is 58.7 cm³/mol. The summed E-state index contributed by atoms with van der Waals surface area (Å²) in [5.41, 5.74) is 4.72. The van der Waals surface area contributed by atoms with Crippen molar-refractivity contribution < 1.29 is 13.2 Å². The lowest BCUT2D eigenvalue weighted by Crippen LogP contribution is -2.52. The zero-order valence-corrected chi connectivity index (χ0v) is 10.1. The van der Waals surface area contributed by atoms with E-state index >= 15 is 0 Å². The number of carbonyl (C=O) groups is 1. The molecule has 1 atom stereocenters. The van der Waals surface area contributed by atoms with Crippen molar-refractivity contribution in [2.75, 3.05) is 19.3 Å². The smallest absolute Gasteiger partial charge is 0.239 e. The van der Waals surface area contributed by atoms with E-state index in [-0.39, 0.29) is 18.2 Å². The van der Waals surface area contributed by atoms with Crippen molar-refractivity contribution in [2.24, 2.45) is 5.73 Å². The number of hydrogen-bond acceptors (Lipinski definition) is 4. The molecule has 0 bridgehead atoms. The molecule has 0 aromatic rings. The summed E-state index contributed by atoms with van der Waals surface area (Å²) in [4.78, 5) is 11.4. The van der Waals surface area contributed by atoms with Gasteiger partial charge in [0.25, 0.3) is 0 Å². The van der Waals surface area contributed by atoms with Gasteiger partial charge in [-0.25, -0.2) is 13.1 Å². The van der Waals surface area contributed by atoms with Crippen LogP contribution in [0.4, 0.5) is 0 Å². The average Bonchev–Trinajstić information content (AvgIpc) is 2.17. The average molecular weight is 237 g/mol. The Hall–Kier alpha value is -0.660. The molecule has 0 saturated heterocycles. The highest BCUT2D eigenvalue weighted by Crippen LogP contribution is 2.03. The first kappa shape index (κ1) is 14.3. The minimum absolute atomic E-state index is 0.0643. The lowest BCUT2D eigenvalue weighted by atomic mass is 10.00. The summed E-state index contributed by atoms with van der Waals surface area (Å²) in [6, 6.07) is 0. The zero-order valence-electron chi connectivity index (χ0n) is 9.33. The highest BCUT2D eigenvalue weighted by Gasteiger charge is 2.25. The Kier molecular flexibility index (Phi) is 5.19.